The molecule has 72 valence electrons. The summed E-state index contributed by atoms with van der Waals surface area (Å²) >= 11 is 0. The first-order valence-electron chi connectivity index (χ1n) is 3.75. The summed E-state index contributed by atoms with van der Waals surface area (Å²) in [4.78, 5) is 25.6. The summed E-state index contributed by atoms with van der Waals surface area (Å²) < 4.78 is 0. The van der Waals surface area contributed by atoms with Gasteiger partial charge < -0.3 is 16.4 Å². The van der Waals surface area contributed by atoms with Crippen molar-refractivity contribution in [2.75, 3.05) is 12.0 Å². The summed E-state index contributed by atoms with van der Waals surface area (Å²) in [6.45, 7) is 0.262. The lowest BCUT2D eigenvalue weighted by Gasteiger charge is -2.15. The zero-order chi connectivity index (χ0) is 10.1. The van der Waals surface area contributed by atoms with Gasteiger partial charge in [0.2, 0.25) is 5.82 Å². The van der Waals surface area contributed by atoms with Crippen molar-refractivity contribution in [1.29, 1.82) is 0 Å². The lowest BCUT2D eigenvalue weighted by atomic mass is 10.3. The molecule has 0 radical (unpaired) electrons. The standard InChI is InChI=1S/C6H6N6O2/c7-3(13)5-10-2-4(11-12-5)8-1-9-6(2)14/h1H2,(H2,7,13)(H,8,11)(H,9,14). The summed E-state index contributed by atoms with van der Waals surface area (Å²) in [5.74, 6) is -1.25. The topological polar surface area (TPSA) is 123 Å². The third-order valence-corrected chi connectivity index (χ3v) is 1.63. The van der Waals surface area contributed by atoms with Gasteiger partial charge >= 0.3 is 0 Å². The van der Waals surface area contributed by atoms with Crippen LogP contribution in [-0.4, -0.2) is 33.7 Å². The molecule has 0 aromatic carbocycles. The number of carbonyl (C=O) groups is 2. The Labute approximate surface area is 77.9 Å². The highest BCUT2D eigenvalue weighted by Crippen LogP contribution is 2.10. The molecule has 0 fully saturated rings. The molecular weight excluding hydrogens is 188 g/mol. The molecular formula is C6H6N6O2. The van der Waals surface area contributed by atoms with E-state index in [1.54, 1.807) is 0 Å². The fraction of sp³-hybridized carbons (Fsp3) is 0.167. The molecule has 0 atom stereocenters. The van der Waals surface area contributed by atoms with Crippen LogP contribution in [0.4, 0.5) is 5.82 Å². The number of aromatic nitrogens is 3. The molecule has 1 aliphatic rings. The SMILES string of the molecule is NC(=O)c1nnc2c(n1)C(=O)NCN2. The number of anilines is 1. The van der Waals surface area contributed by atoms with E-state index in [9.17, 15) is 9.59 Å². The highest BCUT2D eigenvalue weighted by molar-refractivity contribution is 5.99. The average Bonchev–Trinajstić information content (AvgIpc) is 2.18. The van der Waals surface area contributed by atoms with Crippen molar-refractivity contribution in [3.05, 3.63) is 11.5 Å². The Kier molecular flexibility index (Phi) is 1.73. The van der Waals surface area contributed by atoms with Crippen LogP contribution < -0.4 is 16.4 Å². The molecule has 8 heteroatoms. The van der Waals surface area contributed by atoms with Gasteiger partial charge in [-0.3, -0.25) is 9.59 Å². The zero-order valence-corrected chi connectivity index (χ0v) is 6.94. The van der Waals surface area contributed by atoms with Gasteiger partial charge in [-0.15, -0.1) is 10.2 Å². The number of carbonyl (C=O) groups excluding carboxylic acids is 2. The first-order valence-corrected chi connectivity index (χ1v) is 3.75. The van der Waals surface area contributed by atoms with E-state index in [4.69, 9.17) is 5.73 Å². The number of amides is 2. The van der Waals surface area contributed by atoms with E-state index in [1.807, 2.05) is 0 Å². The Morgan fingerprint density at radius 2 is 2.14 bits per heavy atom. The van der Waals surface area contributed by atoms with E-state index in [1.165, 1.54) is 0 Å². The quantitative estimate of drug-likeness (QED) is 0.479. The summed E-state index contributed by atoms with van der Waals surface area (Å²) in [6, 6.07) is 0. The minimum absolute atomic E-state index is 0.0278. The van der Waals surface area contributed by atoms with Crippen molar-refractivity contribution >= 4 is 17.6 Å². The molecule has 0 saturated heterocycles. The third kappa shape index (κ3) is 1.22. The average molecular weight is 194 g/mol. The number of nitrogens with zero attached hydrogens (tertiary/aromatic N) is 3. The number of primary amides is 1. The van der Waals surface area contributed by atoms with Crippen LogP contribution in [0, 0.1) is 0 Å². The van der Waals surface area contributed by atoms with Crippen LogP contribution in [-0.2, 0) is 0 Å². The zero-order valence-electron chi connectivity index (χ0n) is 6.94. The van der Waals surface area contributed by atoms with Crippen LogP contribution >= 0.6 is 0 Å². The lowest BCUT2D eigenvalue weighted by molar-refractivity contribution is 0.0946. The largest absolute Gasteiger partial charge is 0.363 e. The van der Waals surface area contributed by atoms with Gasteiger partial charge in [-0.1, -0.05) is 0 Å². The van der Waals surface area contributed by atoms with Crippen LogP contribution in [0.3, 0.4) is 0 Å². The van der Waals surface area contributed by atoms with Gasteiger partial charge in [0, 0.05) is 0 Å². The van der Waals surface area contributed by atoms with Gasteiger partial charge in [0.25, 0.3) is 11.8 Å². The van der Waals surface area contributed by atoms with Crippen LogP contribution in [0.15, 0.2) is 0 Å². The third-order valence-electron chi connectivity index (χ3n) is 1.63. The van der Waals surface area contributed by atoms with E-state index < -0.39 is 11.8 Å². The Morgan fingerprint density at radius 3 is 2.86 bits per heavy atom. The number of fused-ring (bicyclic) bond motifs is 1. The van der Waals surface area contributed by atoms with Gasteiger partial charge in [-0.2, -0.15) is 0 Å². The second-order valence-electron chi connectivity index (χ2n) is 2.56. The highest BCUT2D eigenvalue weighted by Gasteiger charge is 2.21. The number of nitrogens with one attached hydrogen (secondary N) is 2. The minimum Gasteiger partial charge on any atom is -0.363 e. The molecule has 2 amide bonds. The van der Waals surface area contributed by atoms with E-state index in [-0.39, 0.29) is 24.0 Å². The van der Waals surface area contributed by atoms with Crippen LogP contribution in [0.2, 0.25) is 0 Å². The van der Waals surface area contributed by atoms with E-state index in [0.717, 1.165) is 0 Å². The van der Waals surface area contributed by atoms with Crippen LogP contribution in [0.25, 0.3) is 0 Å². The molecule has 4 N–H and O–H groups in total. The van der Waals surface area contributed by atoms with Gasteiger partial charge in [0.1, 0.15) is 0 Å². The molecule has 1 aliphatic heterocycles. The molecule has 8 nitrogen and oxygen atoms in total. The first-order chi connectivity index (χ1) is 6.68. The van der Waals surface area contributed by atoms with Gasteiger partial charge in [0.05, 0.1) is 6.67 Å². The fourth-order valence-electron chi connectivity index (χ4n) is 1.000. The first kappa shape index (κ1) is 8.35. The van der Waals surface area contributed by atoms with Crippen LogP contribution in [0.1, 0.15) is 21.1 Å². The molecule has 1 aromatic heterocycles. The summed E-state index contributed by atoms with van der Waals surface area (Å²) in [5, 5.41) is 12.3. The Balaban J connectivity index is 2.51. The second kappa shape index (κ2) is 2.91. The Bertz CT molecular complexity index is 417. The van der Waals surface area contributed by atoms with Crippen molar-refractivity contribution in [2.45, 2.75) is 0 Å². The van der Waals surface area contributed by atoms with Gasteiger partial charge in [-0.05, 0) is 0 Å². The molecule has 14 heavy (non-hydrogen) atoms. The van der Waals surface area contributed by atoms with Crippen molar-refractivity contribution in [3.63, 3.8) is 0 Å². The highest BCUT2D eigenvalue weighted by atomic mass is 16.2. The van der Waals surface area contributed by atoms with Gasteiger partial charge in [0.15, 0.2) is 11.5 Å². The minimum atomic E-state index is -0.821. The molecule has 0 bridgehead atoms. The van der Waals surface area contributed by atoms with E-state index >= 15 is 0 Å². The van der Waals surface area contributed by atoms with Gasteiger partial charge in [-0.25, -0.2) is 4.98 Å². The van der Waals surface area contributed by atoms with Crippen LogP contribution in [0.5, 0.6) is 0 Å². The number of rotatable bonds is 1. The van der Waals surface area contributed by atoms with Crippen molar-refractivity contribution in [1.82, 2.24) is 20.5 Å². The summed E-state index contributed by atoms with van der Waals surface area (Å²) in [6.07, 6.45) is 0. The number of nitrogens with two attached hydrogens (primary N) is 1. The molecule has 0 spiro atoms. The predicted molar refractivity (Wildman–Crippen MR) is 44.3 cm³/mol. The normalized spacial score (nSPS) is 13.9. The second-order valence-corrected chi connectivity index (χ2v) is 2.56. The molecule has 2 rings (SSSR count). The predicted octanol–water partition coefficient (Wildman–Crippen LogP) is -1.92. The summed E-state index contributed by atoms with van der Waals surface area (Å²) in [5.41, 5.74) is 4.96. The monoisotopic (exact) mass is 194 g/mol. The number of hydrogen-bond acceptors (Lipinski definition) is 6. The molecule has 0 aliphatic carbocycles. The number of hydrogen-bond donors (Lipinski definition) is 3. The maximum atomic E-state index is 11.2. The lowest BCUT2D eigenvalue weighted by Crippen LogP contribution is -2.37. The molecule has 0 unspecified atom stereocenters. The smallest absolute Gasteiger partial charge is 0.288 e. The van der Waals surface area contributed by atoms with E-state index in [2.05, 4.69) is 25.8 Å². The fourth-order valence-corrected chi connectivity index (χ4v) is 1.000. The van der Waals surface area contributed by atoms with Crippen molar-refractivity contribution in [2.24, 2.45) is 5.73 Å². The molecule has 2 heterocycles. The molecule has 1 aromatic rings. The maximum Gasteiger partial charge on any atom is 0.288 e. The van der Waals surface area contributed by atoms with E-state index in [0.29, 0.717) is 0 Å². The Morgan fingerprint density at radius 1 is 1.36 bits per heavy atom. The summed E-state index contributed by atoms with van der Waals surface area (Å²) in [7, 11) is 0. The van der Waals surface area contributed by atoms with Crippen molar-refractivity contribution in [3.8, 4) is 0 Å². The Hall–Kier alpha value is -2.25. The maximum absolute atomic E-state index is 11.2. The molecule has 0 saturated carbocycles. The van der Waals surface area contributed by atoms with Crippen molar-refractivity contribution < 1.29 is 9.59 Å².